The van der Waals surface area contributed by atoms with Crippen LogP contribution in [-0.2, 0) is 4.79 Å². The van der Waals surface area contributed by atoms with Crippen molar-refractivity contribution in [3.63, 3.8) is 0 Å². The first-order valence-corrected chi connectivity index (χ1v) is 8.41. The smallest absolute Gasteiger partial charge is 0.225 e. The van der Waals surface area contributed by atoms with Crippen molar-refractivity contribution in [1.82, 2.24) is 4.90 Å². The van der Waals surface area contributed by atoms with E-state index < -0.39 is 0 Å². The van der Waals surface area contributed by atoms with Gasteiger partial charge in [-0.05, 0) is 12.8 Å². The van der Waals surface area contributed by atoms with Crippen molar-refractivity contribution >= 4 is 5.91 Å². The summed E-state index contributed by atoms with van der Waals surface area (Å²) in [5.41, 5.74) is 0. The number of unbranched alkanes of at least 4 members (excludes halogenated alkanes) is 5. The second-order valence-electron chi connectivity index (χ2n) is 6.11. The molecule has 0 aromatic carbocycles. The highest BCUT2D eigenvalue weighted by atomic mass is 16.2. The van der Waals surface area contributed by atoms with Crippen molar-refractivity contribution in [2.45, 2.75) is 71.6 Å². The molecule has 1 aliphatic heterocycles. The first-order chi connectivity index (χ1) is 9.72. The van der Waals surface area contributed by atoms with E-state index in [4.69, 9.17) is 5.26 Å². The lowest BCUT2D eigenvalue weighted by Gasteiger charge is -2.37. The van der Waals surface area contributed by atoms with Crippen LogP contribution in [0.15, 0.2) is 0 Å². The van der Waals surface area contributed by atoms with Gasteiger partial charge in [0.2, 0.25) is 5.91 Å². The Morgan fingerprint density at radius 3 is 2.30 bits per heavy atom. The summed E-state index contributed by atoms with van der Waals surface area (Å²) in [7, 11) is 0. The van der Waals surface area contributed by atoms with Crippen LogP contribution in [0.3, 0.4) is 0 Å². The highest BCUT2D eigenvalue weighted by molar-refractivity contribution is 5.79. The predicted molar refractivity (Wildman–Crippen MR) is 82.1 cm³/mol. The van der Waals surface area contributed by atoms with Gasteiger partial charge in [0, 0.05) is 19.0 Å². The fourth-order valence-electron chi connectivity index (χ4n) is 2.83. The monoisotopic (exact) mass is 278 g/mol. The van der Waals surface area contributed by atoms with Crippen molar-refractivity contribution in [3.05, 3.63) is 0 Å². The molecule has 1 saturated heterocycles. The lowest BCUT2D eigenvalue weighted by atomic mass is 9.91. The number of amides is 1. The SMILES string of the molecule is CCCCCCCC(CCCC)C(=O)N1CC(C#N)C1. The summed E-state index contributed by atoms with van der Waals surface area (Å²) in [4.78, 5) is 14.3. The molecule has 0 aliphatic carbocycles. The molecule has 1 fully saturated rings. The normalized spacial score (nSPS) is 16.6. The van der Waals surface area contributed by atoms with E-state index in [2.05, 4.69) is 19.9 Å². The van der Waals surface area contributed by atoms with E-state index in [1.807, 2.05) is 4.90 Å². The Morgan fingerprint density at radius 2 is 1.70 bits per heavy atom. The van der Waals surface area contributed by atoms with Gasteiger partial charge in [-0.3, -0.25) is 4.79 Å². The Labute approximate surface area is 124 Å². The van der Waals surface area contributed by atoms with Crippen LogP contribution in [0.4, 0.5) is 0 Å². The first kappa shape index (κ1) is 17.0. The summed E-state index contributed by atoms with van der Waals surface area (Å²) in [6.45, 7) is 5.72. The van der Waals surface area contributed by atoms with E-state index in [1.165, 1.54) is 32.1 Å². The molecule has 1 heterocycles. The van der Waals surface area contributed by atoms with Crippen molar-refractivity contribution in [2.75, 3.05) is 13.1 Å². The fourth-order valence-corrected chi connectivity index (χ4v) is 2.83. The lowest BCUT2D eigenvalue weighted by molar-refractivity contribution is -0.141. The van der Waals surface area contributed by atoms with E-state index in [-0.39, 0.29) is 11.8 Å². The standard InChI is InChI=1S/C17H30N2O/c1-3-5-7-8-9-11-16(10-6-4-2)17(20)19-13-15(12-18)14-19/h15-16H,3-11,13-14H2,1-2H3. The molecule has 3 nitrogen and oxygen atoms in total. The maximum absolute atomic E-state index is 12.4. The quantitative estimate of drug-likeness (QED) is 0.564. The molecule has 1 aliphatic rings. The molecule has 3 heteroatoms. The van der Waals surface area contributed by atoms with Crippen molar-refractivity contribution in [3.8, 4) is 6.07 Å². The van der Waals surface area contributed by atoms with Gasteiger partial charge >= 0.3 is 0 Å². The lowest BCUT2D eigenvalue weighted by Crippen LogP contribution is -2.51. The summed E-state index contributed by atoms with van der Waals surface area (Å²) < 4.78 is 0. The van der Waals surface area contributed by atoms with Crippen LogP contribution in [0, 0.1) is 23.2 Å². The number of nitriles is 1. The van der Waals surface area contributed by atoms with E-state index in [0.29, 0.717) is 19.0 Å². The van der Waals surface area contributed by atoms with Gasteiger partial charge in [-0.15, -0.1) is 0 Å². The predicted octanol–water partition coefficient (Wildman–Crippen LogP) is 4.14. The van der Waals surface area contributed by atoms with Crippen molar-refractivity contribution < 1.29 is 4.79 Å². The van der Waals surface area contributed by atoms with Crippen molar-refractivity contribution in [1.29, 1.82) is 5.26 Å². The molecule has 0 aromatic rings. The molecule has 1 unspecified atom stereocenters. The molecule has 0 bridgehead atoms. The average molecular weight is 278 g/mol. The molecule has 1 amide bonds. The number of nitrogens with zero attached hydrogens (tertiary/aromatic N) is 2. The van der Waals surface area contributed by atoms with Gasteiger partial charge in [-0.1, -0.05) is 58.8 Å². The van der Waals surface area contributed by atoms with E-state index in [1.54, 1.807) is 0 Å². The highest BCUT2D eigenvalue weighted by Gasteiger charge is 2.33. The van der Waals surface area contributed by atoms with Gasteiger partial charge in [0.1, 0.15) is 0 Å². The highest BCUT2D eigenvalue weighted by Crippen LogP contribution is 2.24. The minimum absolute atomic E-state index is 0.0790. The summed E-state index contributed by atoms with van der Waals surface area (Å²) >= 11 is 0. The third-order valence-electron chi connectivity index (χ3n) is 4.29. The summed E-state index contributed by atoms with van der Waals surface area (Å²) in [5, 5.41) is 8.80. The number of carbonyl (C=O) groups is 1. The zero-order chi connectivity index (χ0) is 14.8. The molecular formula is C17H30N2O. The van der Waals surface area contributed by atoms with Crippen LogP contribution in [0.25, 0.3) is 0 Å². The number of hydrogen-bond donors (Lipinski definition) is 0. The van der Waals surface area contributed by atoms with E-state index in [9.17, 15) is 4.79 Å². The minimum atomic E-state index is 0.0790. The summed E-state index contributed by atoms with van der Waals surface area (Å²) in [6, 6.07) is 2.24. The topological polar surface area (TPSA) is 44.1 Å². The number of rotatable bonds is 10. The zero-order valence-corrected chi connectivity index (χ0v) is 13.2. The number of likely N-dealkylation sites (tertiary alicyclic amines) is 1. The third kappa shape index (κ3) is 5.53. The van der Waals surface area contributed by atoms with Crippen LogP contribution in [0.5, 0.6) is 0 Å². The fraction of sp³-hybridized carbons (Fsp3) is 0.882. The molecule has 0 aromatic heterocycles. The minimum Gasteiger partial charge on any atom is -0.340 e. The molecular weight excluding hydrogens is 248 g/mol. The summed E-state index contributed by atoms with van der Waals surface area (Å²) in [5.74, 6) is 0.590. The van der Waals surface area contributed by atoms with Gasteiger partial charge in [0.25, 0.3) is 0 Å². The largest absolute Gasteiger partial charge is 0.340 e. The van der Waals surface area contributed by atoms with Crippen molar-refractivity contribution in [2.24, 2.45) is 11.8 Å². The zero-order valence-electron chi connectivity index (χ0n) is 13.2. The Bertz CT molecular complexity index is 315. The molecule has 0 N–H and O–H groups in total. The van der Waals surface area contributed by atoms with Gasteiger partial charge in [-0.2, -0.15) is 5.26 Å². The van der Waals surface area contributed by atoms with Gasteiger partial charge in [-0.25, -0.2) is 0 Å². The number of carbonyl (C=O) groups excluding carboxylic acids is 1. The van der Waals surface area contributed by atoms with Gasteiger partial charge in [0.15, 0.2) is 0 Å². The second-order valence-corrected chi connectivity index (χ2v) is 6.11. The Morgan fingerprint density at radius 1 is 1.10 bits per heavy atom. The summed E-state index contributed by atoms with van der Waals surface area (Å²) in [6.07, 6.45) is 10.7. The van der Waals surface area contributed by atoms with Crippen LogP contribution < -0.4 is 0 Å². The molecule has 20 heavy (non-hydrogen) atoms. The second kappa shape index (κ2) is 9.80. The molecule has 0 spiro atoms. The molecule has 1 atom stereocenters. The number of hydrogen-bond acceptors (Lipinski definition) is 2. The Kier molecular flexibility index (Phi) is 8.34. The average Bonchev–Trinajstić information content (AvgIpc) is 2.40. The van der Waals surface area contributed by atoms with Gasteiger partial charge in [0.05, 0.1) is 12.0 Å². The molecule has 0 saturated carbocycles. The third-order valence-corrected chi connectivity index (χ3v) is 4.29. The first-order valence-electron chi connectivity index (χ1n) is 8.41. The molecule has 0 radical (unpaired) electrons. The van der Waals surface area contributed by atoms with Crippen LogP contribution in [-0.4, -0.2) is 23.9 Å². The van der Waals surface area contributed by atoms with E-state index in [0.717, 1.165) is 25.7 Å². The maximum atomic E-state index is 12.4. The Balaban J connectivity index is 2.31. The van der Waals surface area contributed by atoms with Crippen LogP contribution >= 0.6 is 0 Å². The van der Waals surface area contributed by atoms with Gasteiger partial charge < -0.3 is 4.90 Å². The molecule has 114 valence electrons. The Hall–Kier alpha value is -1.04. The van der Waals surface area contributed by atoms with E-state index >= 15 is 0 Å². The molecule has 1 rings (SSSR count). The van der Waals surface area contributed by atoms with Crippen LogP contribution in [0.1, 0.15) is 71.6 Å². The van der Waals surface area contributed by atoms with Crippen LogP contribution in [0.2, 0.25) is 0 Å². The maximum Gasteiger partial charge on any atom is 0.225 e.